The Morgan fingerprint density at radius 1 is 1.44 bits per heavy atom. The number of aliphatic hydroxyl groups is 1. The van der Waals surface area contributed by atoms with Gasteiger partial charge < -0.3 is 16.2 Å². The Morgan fingerprint density at radius 2 is 2.11 bits per heavy atom. The summed E-state index contributed by atoms with van der Waals surface area (Å²) in [6, 6.07) is 4.75. The third-order valence-corrected chi connectivity index (χ3v) is 3.70. The van der Waals surface area contributed by atoms with Crippen LogP contribution >= 0.6 is 11.6 Å². The number of halogens is 1. The lowest BCUT2D eigenvalue weighted by Crippen LogP contribution is -2.40. The van der Waals surface area contributed by atoms with Gasteiger partial charge in [-0.1, -0.05) is 24.4 Å². The molecule has 0 atom stereocenters. The van der Waals surface area contributed by atoms with E-state index in [1.807, 2.05) is 0 Å². The predicted octanol–water partition coefficient (Wildman–Crippen LogP) is 1.96. The van der Waals surface area contributed by atoms with Crippen LogP contribution in [0.2, 0.25) is 5.02 Å². The number of carbonyl (C=O) groups is 1. The first-order valence-corrected chi connectivity index (χ1v) is 6.44. The van der Waals surface area contributed by atoms with E-state index >= 15 is 0 Å². The fourth-order valence-corrected chi connectivity index (χ4v) is 2.41. The molecule has 1 aromatic rings. The summed E-state index contributed by atoms with van der Waals surface area (Å²) in [7, 11) is 0. The second-order valence-electron chi connectivity index (χ2n) is 4.85. The maximum atomic E-state index is 11.9. The van der Waals surface area contributed by atoms with Crippen LogP contribution in [0.1, 0.15) is 36.0 Å². The van der Waals surface area contributed by atoms with Crippen LogP contribution in [0, 0.1) is 0 Å². The van der Waals surface area contributed by atoms with Crippen molar-refractivity contribution in [3.8, 4) is 0 Å². The number of nitrogens with two attached hydrogens (primary N) is 1. The first-order valence-electron chi connectivity index (χ1n) is 6.06. The largest absolute Gasteiger partial charge is 0.398 e. The van der Waals surface area contributed by atoms with Gasteiger partial charge in [-0.2, -0.15) is 0 Å². The quantitative estimate of drug-likeness (QED) is 0.734. The van der Waals surface area contributed by atoms with Crippen molar-refractivity contribution in [2.24, 2.45) is 0 Å². The monoisotopic (exact) mass is 268 g/mol. The molecule has 1 saturated carbocycles. The van der Waals surface area contributed by atoms with Gasteiger partial charge >= 0.3 is 0 Å². The minimum atomic E-state index is -0.743. The number of nitrogens with one attached hydrogen (secondary N) is 1. The minimum absolute atomic E-state index is 0.239. The predicted molar refractivity (Wildman–Crippen MR) is 71.6 cm³/mol. The summed E-state index contributed by atoms with van der Waals surface area (Å²) in [4.78, 5) is 11.9. The molecule has 98 valence electrons. The van der Waals surface area contributed by atoms with E-state index in [2.05, 4.69) is 5.32 Å². The molecule has 1 aromatic carbocycles. The summed E-state index contributed by atoms with van der Waals surface area (Å²) >= 11 is 5.86. The van der Waals surface area contributed by atoms with Crippen LogP contribution in [0.25, 0.3) is 0 Å². The van der Waals surface area contributed by atoms with Gasteiger partial charge in [0.1, 0.15) is 0 Å². The van der Waals surface area contributed by atoms with Gasteiger partial charge in [0, 0.05) is 12.1 Å². The zero-order valence-electron chi connectivity index (χ0n) is 10.1. The van der Waals surface area contributed by atoms with Crippen LogP contribution in [0.15, 0.2) is 18.2 Å². The smallest absolute Gasteiger partial charge is 0.251 e. The zero-order chi connectivity index (χ0) is 13.2. The van der Waals surface area contributed by atoms with E-state index in [0.717, 1.165) is 25.7 Å². The molecule has 4 N–H and O–H groups in total. The number of anilines is 1. The van der Waals surface area contributed by atoms with E-state index < -0.39 is 5.60 Å². The molecule has 0 aliphatic heterocycles. The molecule has 0 spiro atoms. The van der Waals surface area contributed by atoms with Crippen LogP contribution in [-0.4, -0.2) is 23.2 Å². The van der Waals surface area contributed by atoms with Crippen LogP contribution < -0.4 is 11.1 Å². The van der Waals surface area contributed by atoms with Gasteiger partial charge in [0.05, 0.1) is 16.3 Å². The summed E-state index contributed by atoms with van der Waals surface area (Å²) in [5.74, 6) is -0.239. The molecule has 0 bridgehead atoms. The van der Waals surface area contributed by atoms with Crippen molar-refractivity contribution in [1.82, 2.24) is 5.32 Å². The number of nitrogen functional groups attached to an aromatic ring is 1. The highest BCUT2D eigenvalue weighted by Gasteiger charge is 2.31. The highest BCUT2D eigenvalue weighted by molar-refractivity contribution is 6.33. The summed E-state index contributed by atoms with van der Waals surface area (Å²) in [5.41, 5.74) is 5.74. The normalized spacial score (nSPS) is 17.7. The topological polar surface area (TPSA) is 75.4 Å². The van der Waals surface area contributed by atoms with Crippen molar-refractivity contribution < 1.29 is 9.90 Å². The lowest BCUT2D eigenvalue weighted by atomic mass is 10.0. The highest BCUT2D eigenvalue weighted by atomic mass is 35.5. The van der Waals surface area contributed by atoms with Crippen molar-refractivity contribution >= 4 is 23.2 Å². The molecule has 0 saturated heterocycles. The molecule has 1 fully saturated rings. The maximum absolute atomic E-state index is 11.9. The number of rotatable bonds is 3. The van der Waals surface area contributed by atoms with Crippen molar-refractivity contribution in [3.05, 3.63) is 28.8 Å². The van der Waals surface area contributed by atoms with Crippen LogP contribution in [0.5, 0.6) is 0 Å². The number of benzene rings is 1. The molecule has 2 rings (SSSR count). The average molecular weight is 269 g/mol. The first kappa shape index (κ1) is 13.2. The molecule has 0 unspecified atom stereocenters. The Balaban J connectivity index is 1.97. The minimum Gasteiger partial charge on any atom is -0.398 e. The molecule has 1 aliphatic carbocycles. The fraction of sp³-hybridized carbons (Fsp3) is 0.462. The lowest BCUT2D eigenvalue weighted by molar-refractivity contribution is 0.0449. The third-order valence-electron chi connectivity index (χ3n) is 3.37. The molecule has 18 heavy (non-hydrogen) atoms. The maximum Gasteiger partial charge on any atom is 0.251 e. The van der Waals surface area contributed by atoms with Crippen molar-refractivity contribution in [2.45, 2.75) is 31.3 Å². The summed E-state index contributed by atoms with van der Waals surface area (Å²) in [6.07, 6.45) is 3.52. The molecule has 5 heteroatoms. The Kier molecular flexibility index (Phi) is 3.78. The van der Waals surface area contributed by atoms with Crippen molar-refractivity contribution in [1.29, 1.82) is 0 Å². The van der Waals surface area contributed by atoms with Gasteiger partial charge in [-0.3, -0.25) is 4.79 Å². The average Bonchev–Trinajstić information content (AvgIpc) is 2.77. The van der Waals surface area contributed by atoms with E-state index in [9.17, 15) is 9.90 Å². The van der Waals surface area contributed by atoms with Crippen molar-refractivity contribution in [3.63, 3.8) is 0 Å². The van der Waals surface area contributed by atoms with Crippen LogP contribution in [-0.2, 0) is 0 Å². The standard InChI is InChI=1S/C13H17ClN2O2/c14-10-7-9(3-4-11(10)15)12(17)16-8-13(18)5-1-2-6-13/h3-4,7,18H,1-2,5-6,8,15H2,(H,16,17). The zero-order valence-corrected chi connectivity index (χ0v) is 10.8. The van der Waals surface area contributed by atoms with E-state index in [1.54, 1.807) is 12.1 Å². The van der Waals surface area contributed by atoms with Gasteiger partial charge in [-0.05, 0) is 31.0 Å². The summed E-state index contributed by atoms with van der Waals surface area (Å²) in [5, 5.41) is 13.2. The second kappa shape index (κ2) is 5.16. The van der Waals surface area contributed by atoms with Gasteiger partial charge in [-0.25, -0.2) is 0 Å². The second-order valence-corrected chi connectivity index (χ2v) is 5.26. The first-order chi connectivity index (χ1) is 8.50. The van der Waals surface area contributed by atoms with Crippen LogP contribution in [0.4, 0.5) is 5.69 Å². The van der Waals surface area contributed by atoms with Gasteiger partial charge in [0.15, 0.2) is 0 Å². The molecule has 0 heterocycles. The Hall–Kier alpha value is -1.26. The highest BCUT2D eigenvalue weighted by Crippen LogP contribution is 2.28. The Labute approximate surface area is 111 Å². The number of carbonyl (C=O) groups excluding carboxylic acids is 1. The number of amides is 1. The van der Waals surface area contributed by atoms with Gasteiger partial charge in [0.2, 0.25) is 0 Å². The summed E-state index contributed by atoms with van der Waals surface area (Å²) in [6.45, 7) is 0.286. The van der Waals surface area contributed by atoms with Gasteiger partial charge in [-0.15, -0.1) is 0 Å². The van der Waals surface area contributed by atoms with E-state index in [4.69, 9.17) is 17.3 Å². The van der Waals surface area contributed by atoms with Crippen molar-refractivity contribution in [2.75, 3.05) is 12.3 Å². The number of hydrogen-bond acceptors (Lipinski definition) is 3. The molecule has 0 radical (unpaired) electrons. The lowest BCUT2D eigenvalue weighted by Gasteiger charge is -2.22. The van der Waals surface area contributed by atoms with E-state index in [0.29, 0.717) is 16.3 Å². The molecule has 4 nitrogen and oxygen atoms in total. The van der Waals surface area contributed by atoms with Gasteiger partial charge in [0.25, 0.3) is 5.91 Å². The number of hydrogen-bond donors (Lipinski definition) is 3. The van der Waals surface area contributed by atoms with Crippen LogP contribution in [0.3, 0.4) is 0 Å². The molecular formula is C13H17ClN2O2. The van der Waals surface area contributed by atoms with E-state index in [1.165, 1.54) is 6.07 Å². The SMILES string of the molecule is Nc1ccc(C(=O)NCC2(O)CCCC2)cc1Cl. The Morgan fingerprint density at radius 3 is 2.72 bits per heavy atom. The fourth-order valence-electron chi connectivity index (χ4n) is 2.23. The molecule has 1 amide bonds. The summed E-state index contributed by atoms with van der Waals surface area (Å²) < 4.78 is 0. The third kappa shape index (κ3) is 2.94. The molecule has 1 aliphatic rings. The van der Waals surface area contributed by atoms with E-state index in [-0.39, 0.29) is 12.5 Å². The molecular weight excluding hydrogens is 252 g/mol. The molecule has 0 aromatic heterocycles. The Bertz CT molecular complexity index is 456.